The Morgan fingerprint density at radius 2 is 1.94 bits per heavy atom. The molecule has 1 amide bonds. The molecule has 0 aliphatic carbocycles. The molecule has 2 aromatic heterocycles. The molecule has 1 unspecified atom stereocenters. The van der Waals surface area contributed by atoms with E-state index in [0.717, 1.165) is 6.07 Å². The van der Waals surface area contributed by atoms with Crippen LogP contribution in [0, 0.1) is 0 Å². The van der Waals surface area contributed by atoms with Crippen molar-refractivity contribution in [3.05, 3.63) is 52.5 Å². The molecule has 182 valence electrons. The molecule has 2 aromatic carbocycles. The van der Waals surface area contributed by atoms with Crippen LogP contribution in [0.3, 0.4) is 0 Å². The van der Waals surface area contributed by atoms with E-state index in [4.69, 9.17) is 9.15 Å². The van der Waals surface area contributed by atoms with E-state index in [1.165, 1.54) is 29.8 Å². The van der Waals surface area contributed by atoms with Crippen LogP contribution in [0.5, 0.6) is 5.75 Å². The van der Waals surface area contributed by atoms with Crippen molar-refractivity contribution >= 4 is 44.5 Å². The number of ether oxygens (including phenoxy) is 2. The van der Waals surface area contributed by atoms with Crippen molar-refractivity contribution in [2.24, 2.45) is 0 Å². The summed E-state index contributed by atoms with van der Waals surface area (Å²) >= 11 is 2.99. The number of nitrogens with one attached hydrogen (secondary N) is 1. The van der Waals surface area contributed by atoms with Crippen molar-refractivity contribution in [3.8, 4) is 17.3 Å². The summed E-state index contributed by atoms with van der Waals surface area (Å²) in [7, 11) is 0. The Labute approximate surface area is 203 Å². The van der Waals surface area contributed by atoms with Gasteiger partial charge < -0.3 is 19.2 Å². The number of furan rings is 1. The molecule has 35 heavy (non-hydrogen) atoms. The lowest BCUT2D eigenvalue weighted by Crippen LogP contribution is -2.17. The number of hydrogen-bond acceptors (Lipinski definition) is 8. The predicted molar refractivity (Wildman–Crippen MR) is 118 cm³/mol. The van der Waals surface area contributed by atoms with E-state index in [1.54, 1.807) is 25.1 Å². The highest BCUT2D eigenvalue weighted by Crippen LogP contribution is 2.33. The van der Waals surface area contributed by atoms with Gasteiger partial charge in [0.25, 0.3) is 5.91 Å². The van der Waals surface area contributed by atoms with Crippen LogP contribution in [-0.2, 0) is 9.53 Å². The van der Waals surface area contributed by atoms with Crippen molar-refractivity contribution in [1.29, 1.82) is 0 Å². The molecule has 2 heterocycles. The zero-order chi connectivity index (χ0) is 25.3. The van der Waals surface area contributed by atoms with Gasteiger partial charge in [-0.2, -0.15) is 4.68 Å². The standard InChI is InChI=1S/C21H15BrF3N5O5/c1-10(33-11(2)31)30-19(27-28-29-30)18-7-12-3-4-13(8-17(12)34-18)20(32)26-14-5-6-16(15(22)9-14)35-21(23,24)25/h3-10H,1-2H3,(H,26,32). The summed E-state index contributed by atoms with van der Waals surface area (Å²) < 4.78 is 53.4. The van der Waals surface area contributed by atoms with Crippen molar-refractivity contribution in [2.45, 2.75) is 26.4 Å². The molecule has 0 saturated heterocycles. The molecule has 0 fully saturated rings. The third-order valence-corrected chi connectivity index (χ3v) is 5.21. The summed E-state index contributed by atoms with van der Waals surface area (Å²) in [6.07, 6.45) is -5.62. The lowest BCUT2D eigenvalue weighted by atomic mass is 10.1. The van der Waals surface area contributed by atoms with Gasteiger partial charge >= 0.3 is 12.3 Å². The van der Waals surface area contributed by atoms with Gasteiger partial charge in [-0.15, -0.1) is 18.3 Å². The maximum atomic E-state index is 12.7. The first-order chi connectivity index (χ1) is 16.5. The number of benzene rings is 2. The smallest absolute Gasteiger partial charge is 0.453 e. The number of fused-ring (bicyclic) bond motifs is 1. The molecule has 14 heteroatoms. The first-order valence-electron chi connectivity index (χ1n) is 9.86. The molecule has 4 rings (SSSR count). The average molecular weight is 554 g/mol. The summed E-state index contributed by atoms with van der Waals surface area (Å²) in [6, 6.07) is 10.00. The van der Waals surface area contributed by atoms with Gasteiger partial charge in [-0.1, -0.05) is 6.07 Å². The molecular weight excluding hydrogens is 539 g/mol. The largest absolute Gasteiger partial charge is 0.573 e. The fourth-order valence-corrected chi connectivity index (χ4v) is 3.62. The summed E-state index contributed by atoms with van der Waals surface area (Å²) in [5, 5.41) is 14.6. The minimum atomic E-state index is -4.84. The Hall–Kier alpha value is -3.94. The first kappa shape index (κ1) is 24.2. The number of hydrogen-bond donors (Lipinski definition) is 1. The van der Waals surface area contributed by atoms with Crippen molar-refractivity contribution in [3.63, 3.8) is 0 Å². The van der Waals surface area contributed by atoms with E-state index < -0.39 is 30.2 Å². The van der Waals surface area contributed by atoms with Gasteiger partial charge in [0.15, 0.2) is 12.0 Å². The van der Waals surface area contributed by atoms with Gasteiger partial charge in [-0.3, -0.25) is 9.59 Å². The Kier molecular flexibility index (Phi) is 6.47. The summed E-state index contributed by atoms with van der Waals surface area (Å²) in [6.45, 7) is 2.85. The van der Waals surface area contributed by atoms with Gasteiger partial charge in [-0.25, -0.2) is 0 Å². The average Bonchev–Trinajstić information content (AvgIpc) is 3.40. The number of alkyl halides is 3. The van der Waals surface area contributed by atoms with Crippen LogP contribution >= 0.6 is 15.9 Å². The van der Waals surface area contributed by atoms with Crippen LogP contribution in [0.1, 0.15) is 30.4 Å². The molecular formula is C21H15BrF3N5O5. The third-order valence-electron chi connectivity index (χ3n) is 4.59. The topological polar surface area (TPSA) is 121 Å². The van der Waals surface area contributed by atoms with Crippen molar-refractivity contribution < 1.29 is 36.7 Å². The number of carbonyl (C=O) groups is 2. The van der Waals surface area contributed by atoms with Gasteiger partial charge in [0.1, 0.15) is 11.3 Å². The van der Waals surface area contributed by atoms with E-state index in [0.29, 0.717) is 11.0 Å². The van der Waals surface area contributed by atoms with Crippen LogP contribution < -0.4 is 10.1 Å². The van der Waals surface area contributed by atoms with Crippen LogP contribution in [-0.4, -0.2) is 38.4 Å². The number of halogens is 4. The van der Waals surface area contributed by atoms with E-state index >= 15 is 0 Å². The number of tetrazole rings is 1. The fraction of sp³-hybridized carbons (Fsp3) is 0.190. The van der Waals surface area contributed by atoms with Gasteiger partial charge in [0.2, 0.25) is 5.82 Å². The highest BCUT2D eigenvalue weighted by atomic mass is 79.9. The zero-order valence-corrected chi connectivity index (χ0v) is 19.5. The highest BCUT2D eigenvalue weighted by Gasteiger charge is 2.32. The second-order valence-electron chi connectivity index (χ2n) is 7.17. The van der Waals surface area contributed by atoms with Crippen molar-refractivity contribution in [1.82, 2.24) is 20.2 Å². The van der Waals surface area contributed by atoms with Crippen LogP contribution in [0.15, 0.2) is 51.4 Å². The Morgan fingerprint density at radius 1 is 1.17 bits per heavy atom. The van der Waals surface area contributed by atoms with Gasteiger partial charge in [-0.05, 0) is 69.7 Å². The summed E-state index contributed by atoms with van der Waals surface area (Å²) in [5.41, 5.74) is 0.839. The Balaban J connectivity index is 1.54. The summed E-state index contributed by atoms with van der Waals surface area (Å²) in [4.78, 5) is 23.9. The molecule has 0 bridgehead atoms. The number of nitrogens with zero attached hydrogens (tertiary/aromatic N) is 4. The molecule has 10 nitrogen and oxygen atoms in total. The number of anilines is 1. The third kappa shape index (κ3) is 5.59. The zero-order valence-electron chi connectivity index (χ0n) is 18.0. The van der Waals surface area contributed by atoms with Crippen LogP contribution in [0.2, 0.25) is 0 Å². The minimum absolute atomic E-state index is 0.0134. The normalized spacial score (nSPS) is 12.4. The number of esters is 1. The molecule has 1 atom stereocenters. The van der Waals surface area contributed by atoms with E-state index in [2.05, 4.69) is 41.5 Å². The minimum Gasteiger partial charge on any atom is -0.453 e. The molecule has 4 aromatic rings. The maximum Gasteiger partial charge on any atom is 0.573 e. The SMILES string of the molecule is CC(=O)OC(C)n1nnnc1-c1cc2ccc(C(=O)Nc3ccc(OC(F)(F)F)c(Br)c3)cc2o1. The van der Waals surface area contributed by atoms with Gasteiger partial charge in [0, 0.05) is 23.6 Å². The lowest BCUT2D eigenvalue weighted by molar-refractivity contribution is -0.274. The maximum absolute atomic E-state index is 12.7. The molecule has 1 N–H and O–H groups in total. The molecule has 0 saturated carbocycles. The first-order valence-corrected chi connectivity index (χ1v) is 10.6. The molecule has 0 aliphatic heterocycles. The monoisotopic (exact) mass is 553 g/mol. The molecule has 0 radical (unpaired) electrons. The Morgan fingerprint density at radius 3 is 2.63 bits per heavy atom. The lowest BCUT2D eigenvalue weighted by Gasteiger charge is -2.12. The number of amides is 1. The molecule has 0 spiro atoms. The van der Waals surface area contributed by atoms with E-state index in [9.17, 15) is 22.8 Å². The quantitative estimate of drug-likeness (QED) is 0.328. The fourth-order valence-electron chi connectivity index (χ4n) is 3.16. The van der Waals surface area contributed by atoms with Crippen LogP contribution in [0.25, 0.3) is 22.6 Å². The van der Waals surface area contributed by atoms with Crippen LogP contribution in [0.4, 0.5) is 18.9 Å². The second kappa shape index (κ2) is 9.37. The Bertz CT molecular complexity index is 1420. The predicted octanol–water partition coefficient (Wildman–Crippen LogP) is 5.08. The van der Waals surface area contributed by atoms with E-state index in [-0.39, 0.29) is 27.3 Å². The van der Waals surface area contributed by atoms with Gasteiger partial charge in [0.05, 0.1) is 4.47 Å². The summed E-state index contributed by atoms with van der Waals surface area (Å²) in [5.74, 6) is -0.966. The van der Waals surface area contributed by atoms with E-state index in [1.807, 2.05) is 0 Å². The second-order valence-corrected chi connectivity index (χ2v) is 8.02. The highest BCUT2D eigenvalue weighted by molar-refractivity contribution is 9.10. The van der Waals surface area contributed by atoms with Crippen molar-refractivity contribution in [2.75, 3.05) is 5.32 Å². The number of aromatic nitrogens is 4. The molecule has 0 aliphatic rings. The number of rotatable bonds is 6. The number of carbonyl (C=O) groups excluding carboxylic acids is 2.